The van der Waals surface area contributed by atoms with E-state index in [0.717, 1.165) is 18.0 Å². The molecule has 0 spiro atoms. The average molecular weight is 245 g/mol. The third-order valence-electron chi connectivity index (χ3n) is 2.97. The van der Waals surface area contributed by atoms with E-state index in [4.69, 9.17) is 4.74 Å². The summed E-state index contributed by atoms with van der Waals surface area (Å²) >= 11 is 0. The summed E-state index contributed by atoms with van der Waals surface area (Å²) in [4.78, 5) is 0. The standard InChI is InChI=1S/C14H19N3O/c1-11(12-4-6-14(18-3)7-5-12)15-10-13-8-9-17(2)16-13/h4-9,11,15H,10H2,1-3H3. The van der Waals surface area contributed by atoms with Crippen molar-refractivity contribution in [3.05, 3.63) is 47.8 Å². The molecule has 4 heteroatoms. The van der Waals surface area contributed by atoms with Crippen molar-refractivity contribution in [2.24, 2.45) is 7.05 Å². The molecular weight excluding hydrogens is 226 g/mol. The number of nitrogens with zero attached hydrogens (tertiary/aromatic N) is 2. The molecule has 96 valence electrons. The molecule has 0 saturated heterocycles. The molecule has 0 radical (unpaired) electrons. The maximum absolute atomic E-state index is 5.15. The summed E-state index contributed by atoms with van der Waals surface area (Å²) in [7, 11) is 3.61. The van der Waals surface area contributed by atoms with E-state index in [1.165, 1.54) is 5.56 Å². The van der Waals surface area contributed by atoms with Gasteiger partial charge in [0.1, 0.15) is 5.75 Å². The predicted octanol–water partition coefficient (Wildman–Crippen LogP) is 2.28. The summed E-state index contributed by atoms with van der Waals surface area (Å²) < 4.78 is 6.96. The van der Waals surface area contributed by atoms with Crippen LogP contribution in [0, 0.1) is 0 Å². The SMILES string of the molecule is COc1ccc(C(C)NCc2ccn(C)n2)cc1. The molecule has 1 unspecified atom stereocenters. The normalized spacial score (nSPS) is 12.4. The quantitative estimate of drug-likeness (QED) is 0.878. The number of methoxy groups -OCH3 is 1. The van der Waals surface area contributed by atoms with Crippen molar-refractivity contribution >= 4 is 0 Å². The fourth-order valence-corrected chi connectivity index (χ4v) is 1.83. The molecule has 2 aromatic rings. The first-order chi connectivity index (χ1) is 8.69. The van der Waals surface area contributed by atoms with Gasteiger partial charge in [0, 0.05) is 25.8 Å². The Morgan fingerprint density at radius 3 is 2.56 bits per heavy atom. The van der Waals surface area contributed by atoms with E-state index in [0.29, 0.717) is 0 Å². The van der Waals surface area contributed by atoms with E-state index in [1.54, 1.807) is 7.11 Å². The summed E-state index contributed by atoms with van der Waals surface area (Å²) in [5.74, 6) is 0.885. The second-order valence-corrected chi connectivity index (χ2v) is 4.36. The zero-order valence-electron chi connectivity index (χ0n) is 11.1. The number of nitrogens with one attached hydrogen (secondary N) is 1. The highest BCUT2D eigenvalue weighted by Gasteiger charge is 2.05. The first-order valence-electron chi connectivity index (χ1n) is 6.05. The third-order valence-corrected chi connectivity index (χ3v) is 2.97. The summed E-state index contributed by atoms with van der Waals surface area (Å²) in [5, 5.41) is 7.79. The zero-order valence-corrected chi connectivity index (χ0v) is 11.1. The minimum Gasteiger partial charge on any atom is -0.497 e. The monoisotopic (exact) mass is 245 g/mol. The first-order valence-corrected chi connectivity index (χ1v) is 6.05. The lowest BCUT2D eigenvalue weighted by atomic mass is 10.1. The van der Waals surface area contributed by atoms with E-state index in [-0.39, 0.29) is 6.04 Å². The number of hydrogen-bond acceptors (Lipinski definition) is 3. The van der Waals surface area contributed by atoms with Crippen LogP contribution in [0.15, 0.2) is 36.5 Å². The number of hydrogen-bond donors (Lipinski definition) is 1. The Balaban J connectivity index is 1.92. The van der Waals surface area contributed by atoms with E-state index in [2.05, 4.69) is 29.5 Å². The highest BCUT2D eigenvalue weighted by molar-refractivity contribution is 5.28. The van der Waals surface area contributed by atoms with Gasteiger partial charge < -0.3 is 10.1 Å². The topological polar surface area (TPSA) is 39.1 Å². The second kappa shape index (κ2) is 5.69. The van der Waals surface area contributed by atoms with Gasteiger partial charge in [-0.1, -0.05) is 12.1 Å². The Kier molecular flexibility index (Phi) is 3.99. The minimum absolute atomic E-state index is 0.290. The van der Waals surface area contributed by atoms with Crippen LogP contribution >= 0.6 is 0 Å². The summed E-state index contributed by atoms with van der Waals surface area (Å²) in [5.41, 5.74) is 2.30. The van der Waals surface area contributed by atoms with E-state index in [1.807, 2.05) is 36.1 Å². The number of ether oxygens (including phenoxy) is 1. The second-order valence-electron chi connectivity index (χ2n) is 4.36. The van der Waals surface area contributed by atoms with Gasteiger partial charge >= 0.3 is 0 Å². The molecule has 0 aliphatic carbocycles. The summed E-state index contributed by atoms with van der Waals surface area (Å²) in [6, 6.07) is 10.4. The maximum atomic E-state index is 5.15. The predicted molar refractivity (Wildman–Crippen MR) is 71.5 cm³/mol. The van der Waals surface area contributed by atoms with Crippen molar-refractivity contribution in [2.75, 3.05) is 7.11 Å². The van der Waals surface area contributed by atoms with Crippen LogP contribution in [-0.4, -0.2) is 16.9 Å². The molecule has 0 aliphatic heterocycles. The van der Waals surface area contributed by atoms with Crippen molar-refractivity contribution in [1.29, 1.82) is 0 Å². The van der Waals surface area contributed by atoms with Gasteiger partial charge in [-0.15, -0.1) is 0 Å². The van der Waals surface area contributed by atoms with Crippen LogP contribution in [0.5, 0.6) is 5.75 Å². The van der Waals surface area contributed by atoms with Crippen molar-refractivity contribution in [3.63, 3.8) is 0 Å². The van der Waals surface area contributed by atoms with Gasteiger partial charge in [0.05, 0.1) is 12.8 Å². The van der Waals surface area contributed by atoms with Gasteiger partial charge in [-0.2, -0.15) is 5.10 Å². The molecule has 4 nitrogen and oxygen atoms in total. The van der Waals surface area contributed by atoms with Crippen molar-refractivity contribution < 1.29 is 4.74 Å². The number of aryl methyl sites for hydroxylation is 1. The van der Waals surface area contributed by atoms with Crippen LogP contribution in [0.3, 0.4) is 0 Å². The van der Waals surface area contributed by atoms with Crippen LogP contribution in [0.2, 0.25) is 0 Å². The molecule has 2 rings (SSSR count). The molecule has 0 aliphatic rings. The van der Waals surface area contributed by atoms with Gasteiger partial charge in [-0.3, -0.25) is 4.68 Å². The van der Waals surface area contributed by atoms with Gasteiger partial charge in [-0.05, 0) is 30.7 Å². The van der Waals surface area contributed by atoms with Crippen molar-refractivity contribution in [2.45, 2.75) is 19.5 Å². The molecule has 0 saturated carbocycles. The van der Waals surface area contributed by atoms with Gasteiger partial charge in [0.2, 0.25) is 0 Å². The molecule has 0 amide bonds. The van der Waals surface area contributed by atoms with E-state index < -0.39 is 0 Å². The Hall–Kier alpha value is -1.81. The van der Waals surface area contributed by atoms with Crippen LogP contribution in [0.4, 0.5) is 0 Å². The Morgan fingerprint density at radius 2 is 2.00 bits per heavy atom. The number of aromatic nitrogens is 2. The lowest BCUT2D eigenvalue weighted by Crippen LogP contribution is -2.18. The highest BCUT2D eigenvalue weighted by Crippen LogP contribution is 2.17. The summed E-state index contributed by atoms with van der Waals surface area (Å²) in [6.07, 6.45) is 1.95. The van der Waals surface area contributed by atoms with Gasteiger partial charge in [0.15, 0.2) is 0 Å². The van der Waals surface area contributed by atoms with Crippen LogP contribution in [0.25, 0.3) is 0 Å². The van der Waals surface area contributed by atoms with E-state index >= 15 is 0 Å². The lowest BCUT2D eigenvalue weighted by molar-refractivity contribution is 0.414. The van der Waals surface area contributed by atoms with Gasteiger partial charge in [0.25, 0.3) is 0 Å². The average Bonchev–Trinajstić information content (AvgIpc) is 2.82. The Labute approximate surface area is 108 Å². The molecule has 18 heavy (non-hydrogen) atoms. The van der Waals surface area contributed by atoms with Crippen molar-refractivity contribution in [1.82, 2.24) is 15.1 Å². The fourth-order valence-electron chi connectivity index (χ4n) is 1.83. The summed E-state index contributed by atoms with van der Waals surface area (Å²) in [6.45, 7) is 2.92. The molecule has 1 aromatic heterocycles. The van der Waals surface area contributed by atoms with Crippen LogP contribution in [-0.2, 0) is 13.6 Å². The Bertz CT molecular complexity index is 490. The van der Waals surface area contributed by atoms with Crippen LogP contribution < -0.4 is 10.1 Å². The smallest absolute Gasteiger partial charge is 0.118 e. The maximum Gasteiger partial charge on any atom is 0.118 e. The van der Waals surface area contributed by atoms with Crippen LogP contribution in [0.1, 0.15) is 24.2 Å². The molecule has 1 heterocycles. The molecule has 1 N–H and O–H groups in total. The fraction of sp³-hybridized carbons (Fsp3) is 0.357. The largest absolute Gasteiger partial charge is 0.497 e. The highest BCUT2D eigenvalue weighted by atomic mass is 16.5. The van der Waals surface area contributed by atoms with Gasteiger partial charge in [-0.25, -0.2) is 0 Å². The molecular formula is C14H19N3O. The molecule has 0 bridgehead atoms. The van der Waals surface area contributed by atoms with Crippen molar-refractivity contribution in [3.8, 4) is 5.75 Å². The minimum atomic E-state index is 0.290. The molecule has 1 aromatic carbocycles. The lowest BCUT2D eigenvalue weighted by Gasteiger charge is -2.13. The third kappa shape index (κ3) is 3.11. The molecule has 1 atom stereocenters. The number of rotatable bonds is 5. The van der Waals surface area contributed by atoms with E-state index in [9.17, 15) is 0 Å². The zero-order chi connectivity index (χ0) is 13.0. The molecule has 0 fully saturated rings. The number of benzene rings is 1. The first kappa shape index (κ1) is 12.6. The Morgan fingerprint density at radius 1 is 1.28 bits per heavy atom.